The number of methoxy groups -OCH3 is 1. The summed E-state index contributed by atoms with van der Waals surface area (Å²) in [5.41, 5.74) is 2.19. The van der Waals surface area contributed by atoms with Gasteiger partial charge in [-0.2, -0.15) is 0 Å². The Kier molecular flexibility index (Phi) is 6.72. The van der Waals surface area contributed by atoms with Gasteiger partial charge in [-0.15, -0.1) is 23.5 Å². The van der Waals surface area contributed by atoms with Crippen molar-refractivity contribution in [3.63, 3.8) is 0 Å². The number of aromatic hydroxyl groups is 1. The number of fused-ring (bicyclic) bond motifs is 1. The zero-order chi connectivity index (χ0) is 22.9. The molecule has 0 spiro atoms. The fraction of sp³-hybridized carbons (Fsp3) is 0.458. The lowest BCUT2D eigenvalue weighted by atomic mass is 9.96. The molecule has 6 nitrogen and oxygen atoms in total. The number of phenols is 1. The molecule has 2 heterocycles. The van der Waals surface area contributed by atoms with Crippen LogP contribution in [0.4, 0.5) is 0 Å². The van der Waals surface area contributed by atoms with Gasteiger partial charge in [-0.25, -0.2) is 0 Å². The lowest BCUT2D eigenvalue weighted by Crippen LogP contribution is -2.27. The zero-order valence-electron chi connectivity index (χ0n) is 18.7. The average Bonchev–Trinajstić information content (AvgIpc) is 3.27. The van der Waals surface area contributed by atoms with Gasteiger partial charge in [0.05, 0.1) is 25.4 Å². The minimum Gasteiger partial charge on any atom is -0.507 e. The van der Waals surface area contributed by atoms with Crippen LogP contribution in [0.5, 0.6) is 28.7 Å². The van der Waals surface area contributed by atoms with E-state index < -0.39 is 10.0 Å². The minimum absolute atomic E-state index is 0.136. The summed E-state index contributed by atoms with van der Waals surface area (Å²) < 4.78 is 22.8. The third-order valence-corrected chi connectivity index (χ3v) is 8.68. The third kappa shape index (κ3) is 3.99. The molecule has 1 fully saturated rings. The molecule has 2 aromatic carbocycles. The van der Waals surface area contributed by atoms with Crippen LogP contribution in [0.25, 0.3) is 0 Å². The molecule has 0 aliphatic carbocycles. The summed E-state index contributed by atoms with van der Waals surface area (Å²) in [6, 6.07) is 7.85. The normalized spacial score (nSPS) is 16.9. The van der Waals surface area contributed by atoms with Gasteiger partial charge in [-0.05, 0) is 37.8 Å². The van der Waals surface area contributed by atoms with Gasteiger partial charge in [0.25, 0.3) is 0 Å². The maximum absolute atomic E-state index is 12.0. The molecule has 2 aliphatic rings. The van der Waals surface area contributed by atoms with E-state index in [0.717, 1.165) is 29.2 Å². The van der Waals surface area contributed by atoms with Crippen molar-refractivity contribution < 1.29 is 28.8 Å². The molecule has 0 saturated carbocycles. The maximum Gasteiger partial charge on any atom is 0.308 e. The Morgan fingerprint density at radius 3 is 2.56 bits per heavy atom. The monoisotopic (exact) mass is 476 g/mol. The Hall–Kier alpha value is -2.19. The van der Waals surface area contributed by atoms with Crippen LogP contribution in [-0.2, 0) is 15.3 Å². The summed E-state index contributed by atoms with van der Waals surface area (Å²) in [6.07, 6.45) is 1.37. The molecule has 0 atom stereocenters. The van der Waals surface area contributed by atoms with Crippen molar-refractivity contribution >= 4 is 29.5 Å². The molecule has 4 rings (SSSR count). The predicted octanol–water partition coefficient (Wildman–Crippen LogP) is 5.12. The summed E-state index contributed by atoms with van der Waals surface area (Å²) in [5.74, 6) is 3.19. The third-order valence-electron chi connectivity index (χ3n) is 5.32. The predicted molar refractivity (Wildman–Crippen MR) is 128 cm³/mol. The van der Waals surface area contributed by atoms with Crippen molar-refractivity contribution in [3.8, 4) is 28.7 Å². The van der Waals surface area contributed by atoms with E-state index in [4.69, 9.17) is 18.9 Å². The van der Waals surface area contributed by atoms with E-state index in [0.29, 0.717) is 35.7 Å². The number of carbonyl (C=O) groups excluding carboxylic acids is 1. The molecule has 1 saturated heterocycles. The lowest BCUT2D eigenvalue weighted by molar-refractivity contribution is -0.132. The summed E-state index contributed by atoms with van der Waals surface area (Å²) in [4.78, 5) is 12.0. The fourth-order valence-corrected chi connectivity index (χ4v) is 7.62. The molecule has 0 unspecified atom stereocenters. The van der Waals surface area contributed by atoms with Gasteiger partial charge in [0.2, 0.25) is 5.75 Å². The van der Waals surface area contributed by atoms with Crippen LogP contribution >= 0.6 is 23.5 Å². The highest BCUT2D eigenvalue weighted by atomic mass is 32.2. The smallest absolute Gasteiger partial charge is 0.308 e. The number of esters is 1. The Bertz CT molecular complexity index is 1010. The fourth-order valence-electron chi connectivity index (χ4n) is 4.13. The molecular weight excluding hydrogens is 448 g/mol. The van der Waals surface area contributed by atoms with Crippen LogP contribution in [0.1, 0.15) is 43.9 Å². The van der Waals surface area contributed by atoms with Gasteiger partial charge in [-0.3, -0.25) is 4.79 Å². The van der Waals surface area contributed by atoms with E-state index in [1.807, 2.05) is 38.1 Å². The average molecular weight is 477 g/mol. The van der Waals surface area contributed by atoms with E-state index in [1.165, 1.54) is 6.92 Å². The number of ether oxygens (including phenoxy) is 4. The Balaban J connectivity index is 2.08. The van der Waals surface area contributed by atoms with E-state index in [1.54, 1.807) is 30.6 Å². The summed E-state index contributed by atoms with van der Waals surface area (Å²) >= 11 is 3.47. The van der Waals surface area contributed by atoms with Crippen LogP contribution in [-0.4, -0.2) is 42.4 Å². The van der Waals surface area contributed by atoms with Crippen LogP contribution < -0.4 is 18.9 Å². The van der Waals surface area contributed by atoms with Crippen molar-refractivity contribution in [2.75, 3.05) is 25.2 Å². The van der Waals surface area contributed by atoms with Gasteiger partial charge in [0.15, 0.2) is 11.5 Å². The molecule has 0 bridgehead atoms. The molecule has 0 aromatic heterocycles. The molecule has 1 N–H and O–H groups in total. The molecule has 0 amide bonds. The van der Waals surface area contributed by atoms with E-state index in [9.17, 15) is 9.90 Å². The quantitative estimate of drug-likeness (QED) is 0.455. The van der Waals surface area contributed by atoms with Crippen molar-refractivity contribution in [3.05, 3.63) is 41.0 Å². The van der Waals surface area contributed by atoms with Crippen LogP contribution in [0.15, 0.2) is 24.3 Å². The number of carbonyl (C=O) groups is 1. The number of hydrogen-bond donors (Lipinski definition) is 1. The zero-order valence-corrected chi connectivity index (χ0v) is 20.4. The Morgan fingerprint density at radius 2 is 1.91 bits per heavy atom. The highest BCUT2D eigenvalue weighted by molar-refractivity contribution is 8.18. The molecule has 172 valence electrons. The van der Waals surface area contributed by atoms with Crippen molar-refractivity contribution in [1.82, 2.24) is 0 Å². The van der Waals surface area contributed by atoms with E-state index >= 15 is 0 Å². The van der Waals surface area contributed by atoms with Gasteiger partial charge < -0.3 is 24.1 Å². The molecule has 8 heteroatoms. The van der Waals surface area contributed by atoms with Gasteiger partial charge in [0, 0.05) is 24.5 Å². The van der Waals surface area contributed by atoms with Crippen molar-refractivity contribution in [2.45, 2.75) is 43.8 Å². The van der Waals surface area contributed by atoms with Crippen molar-refractivity contribution in [1.29, 1.82) is 0 Å². The maximum atomic E-state index is 12.0. The largest absolute Gasteiger partial charge is 0.507 e. The highest BCUT2D eigenvalue weighted by Crippen LogP contribution is 2.65. The highest BCUT2D eigenvalue weighted by Gasteiger charge is 2.47. The Labute approximate surface area is 197 Å². The number of hydrogen-bond acceptors (Lipinski definition) is 8. The van der Waals surface area contributed by atoms with Gasteiger partial charge >= 0.3 is 5.97 Å². The second kappa shape index (κ2) is 9.35. The number of thioether (sulfide) groups is 2. The first kappa shape index (κ1) is 23.0. The number of para-hydroxylation sites is 1. The number of benzene rings is 2. The SMILES string of the molecule is COc1ccccc1C1(c2c(O)c3c(c(OC(C)=O)c2OC(C)C)OCC3)SCCCS1. The first-order valence-electron chi connectivity index (χ1n) is 10.7. The van der Waals surface area contributed by atoms with Crippen LogP contribution in [0.3, 0.4) is 0 Å². The summed E-state index contributed by atoms with van der Waals surface area (Å²) in [7, 11) is 1.65. The second-order valence-electron chi connectivity index (χ2n) is 7.92. The molecule has 2 aromatic rings. The van der Waals surface area contributed by atoms with Gasteiger partial charge in [0.1, 0.15) is 15.6 Å². The van der Waals surface area contributed by atoms with Gasteiger partial charge in [-0.1, -0.05) is 18.2 Å². The lowest BCUT2D eigenvalue weighted by Gasteiger charge is -2.39. The van der Waals surface area contributed by atoms with E-state index in [-0.39, 0.29) is 17.6 Å². The Morgan fingerprint density at radius 1 is 1.19 bits per heavy atom. The summed E-state index contributed by atoms with van der Waals surface area (Å²) in [5, 5.41) is 11.6. The molecule has 32 heavy (non-hydrogen) atoms. The summed E-state index contributed by atoms with van der Waals surface area (Å²) in [6.45, 7) is 5.57. The molecular formula is C24H28O6S2. The first-order valence-corrected chi connectivity index (χ1v) is 12.7. The number of rotatable bonds is 6. The molecule has 2 aliphatic heterocycles. The first-order chi connectivity index (χ1) is 15.4. The standard InChI is InChI=1S/C24H28O6S2/c1-14(2)29-22-19(20(26)16-10-11-28-21(16)23(22)30-15(3)25)24(31-12-7-13-32-24)17-8-5-6-9-18(17)27-4/h5-6,8-9,14,26H,7,10-13H2,1-4H3. The molecule has 0 radical (unpaired) electrons. The van der Waals surface area contributed by atoms with Crippen molar-refractivity contribution in [2.24, 2.45) is 0 Å². The van der Waals surface area contributed by atoms with E-state index in [2.05, 4.69) is 0 Å². The van der Waals surface area contributed by atoms with Crippen LogP contribution in [0.2, 0.25) is 0 Å². The number of phenolic OH excluding ortho intramolecular Hbond substituents is 1. The minimum atomic E-state index is -0.703. The second-order valence-corrected chi connectivity index (χ2v) is 10.8. The topological polar surface area (TPSA) is 74.2 Å². The van der Waals surface area contributed by atoms with Crippen LogP contribution in [0, 0.1) is 0 Å².